The summed E-state index contributed by atoms with van der Waals surface area (Å²) in [5.74, 6) is -2.68. The van der Waals surface area contributed by atoms with Crippen LogP contribution in [0.15, 0.2) is 29.3 Å². The lowest BCUT2D eigenvalue weighted by Gasteiger charge is -2.29. The van der Waals surface area contributed by atoms with Crippen LogP contribution >= 0.6 is 0 Å². The number of hydrogen-bond donors (Lipinski definition) is 2. The van der Waals surface area contributed by atoms with Crippen molar-refractivity contribution < 1.29 is 24.5 Å². The summed E-state index contributed by atoms with van der Waals surface area (Å²) in [6.07, 6.45) is 5.79. The van der Waals surface area contributed by atoms with E-state index in [1.165, 1.54) is 18.3 Å². The SMILES string of the molecule is [NH3+][C@@H]1CCCC[C@@H]1N=C[C@H]1C(=O)NC(=O)N(CCc2ccc(F)cc2)C1=O. The first-order valence-corrected chi connectivity index (χ1v) is 9.22. The zero-order valence-corrected chi connectivity index (χ0v) is 15.1. The number of nitrogens with one attached hydrogen (secondary N) is 1. The standard InChI is InChI=1S/C19H23FN4O3/c20-13-7-5-12(6-8-13)9-10-24-18(26)14(17(25)23-19(24)27)11-22-16-4-2-1-3-15(16)21/h5-8,11,14-16H,1-4,9-10,21H2,(H,23,25,27)/p+1/t14-,15+,16-/m0/s1. The van der Waals surface area contributed by atoms with Gasteiger partial charge in [0.25, 0.3) is 0 Å². The summed E-state index contributed by atoms with van der Waals surface area (Å²) in [4.78, 5) is 42.2. The minimum Gasteiger partial charge on any atom is -0.353 e. The van der Waals surface area contributed by atoms with Gasteiger partial charge >= 0.3 is 6.03 Å². The second kappa shape index (κ2) is 8.39. The molecule has 4 N–H and O–H groups in total. The van der Waals surface area contributed by atoms with Crippen molar-refractivity contribution >= 4 is 24.1 Å². The zero-order valence-electron chi connectivity index (χ0n) is 15.1. The molecule has 27 heavy (non-hydrogen) atoms. The number of nitrogens with zero attached hydrogens (tertiary/aromatic N) is 2. The Morgan fingerprint density at radius 2 is 1.89 bits per heavy atom. The predicted octanol–water partition coefficient (Wildman–Crippen LogP) is 0.687. The van der Waals surface area contributed by atoms with E-state index in [0.29, 0.717) is 6.42 Å². The summed E-state index contributed by atoms with van der Waals surface area (Å²) < 4.78 is 13.0. The van der Waals surface area contributed by atoms with Gasteiger partial charge in [0.05, 0.1) is 0 Å². The van der Waals surface area contributed by atoms with E-state index in [4.69, 9.17) is 0 Å². The molecule has 0 spiro atoms. The molecular formula is C19H24FN4O3+. The Morgan fingerprint density at radius 1 is 1.19 bits per heavy atom. The lowest BCUT2D eigenvalue weighted by molar-refractivity contribution is -0.428. The number of barbiturate groups is 1. The lowest BCUT2D eigenvalue weighted by Crippen LogP contribution is -2.66. The largest absolute Gasteiger partial charge is 0.353 e. The van der Waals surface area contributed by atoms with Crippen LogP contribution in [0.4, 0.5) is 9.18 Å². The summed E-state index contributed by atoms with van der Waals surface area (Å²) in [5.41, 5.74) is 4.88. The molecule has 3 atom stereocenters. The Bertz CT molecular complexity index is 750. The van der Waals surface area contributed by atoms with Crippen LogP contribution in [-0.2, 0) is 16.0 Å². The van der Waals surface area contributed by atoms with Crippen molar-refractivity contribution in [2.45, 2.75) is 44.2 Å². The van der Waals surface area contributed by atoms with Gasteiger partial charge in [-0.3, -0.25) is 24.8 Å². The molecule has 4 amide bonds. The van der Waals surface area contributed by atoms with Crippen LogP contribution in [0, 0.1) is 11.7 Å². The van der Waals surface area contributed by atoms with Crippen LogP contribution in [0.5, 0.6) is 0 Å². The molecule has 1 saturated carbocycles. The van der Waals surface area contributed by atoms with Gasteiger partial charge in [0.2, 0.25) is 11.8 Å². The van der Waals surface area contributed by atoms with Gasteiger partial charge in [-0.05, 0) is 37.0 Å². The molecule has 1 saturated heterocycles. The third-order valence-corrected chi connectivity index (χ3v) is 5.12. The molecule has 1 aromatic rings. The summed E-state index contributed by atoms with van der Waals surface area (Å²) >= 11 is 0. The number of urea groups is 1. The Kier molecular flexibility index (Phi) is 5.95. The van der Waals surface area contributed by atoms with E-state index in [-0.39, 0.29) is 24.4 Å². The van der Waals surface area contributed by atoms with Crippen molar-refractivity contribution in [2.75, 3.05) is 6.54 Å². The average Bonchev–Trinajstić information content (AvgIpc) is 2.64. The highest BCUT2D eigenvalue weighted by atomic mass is 19.1. The first-order chi connectivity index (χ1) is 13.0. The van der Waals surface area contributed by atoms with Gasteiger partial charge in [-0.1, -0.05) is 18.6 Å². The number of carbonyl (C=O) groups excluding carboxylic acids is 3. The maximum atomic E-state index is 13.0. The van der Waals surface area contributed by atoms with E-state index in [1.54, 1.807) is 12.1 Å². The number of halogens is 1. The maximum absolute atomic E-state index is 13.0. The summed E-state index contributed by atoms with van der Waals surface area (Å²) in [6, 6.07) is 5.30. The fourth-order valence-corrected chi connectivity index (χ4v) is 3.45. The minimum absolute atomic E-state index is 0.00430. The van der Waals surface area contributed by atoms with E-state index in [2.05, 4.69) is 16.0 Å². The predicted molar refractivity (Wildman–Crippen MR) is 96.3 cm³/mol. The molecule has 0 aromatic heterocycles. The number of aliphatic imine (C=N–C) groups is 1. The van der Waals surface area contributed by atoms with Crippen molar-refractivity contribution in [2.24, 2.45) is 10.9 Å². The van der Waals surface area contributed by atoms with Crippen LogP contribution in [0.2, 0.25) is 0 Å². The monoisotopic (exact) mass is 375 g/mol. The molecule has 2 fully saturated rings. The molecule has 1 aliphatic carbocycles. The van der Waals surface area contributed by atoms with E-state index in [0.717, 1.165) is 36.1 Å². The Balaban J connectivity index is 1.66. The summed E-state index contributed by atoms with van der Waals surface area (Å²) in [6.45, 7) is 0.106. The topological polar surface area (TPSA) is 106 Å². The Morgan fingerprint density at radius 3 is 2.59 bits per heavy atom. The highest BCUT2D eigenvalue weighted by Crippen LogP contribution is 2.19. The fourth-order valence-electron chi connectivity index (χ4n) is 3.45. The number of benzene rings is 1. The molecule has 3 rings (SSSR count). The average molecular weight is 375 g/mol. The molecule has 144 valence electrons. The van der Waals surface area contributed by atoms with Crippen LogP contribution in [0.3, 0.4) is 0 Å². The number of imide groups is 2. The van der Waals surface area contributed by atoms with Gasteiger partial charge in [0.15, 0.2) is 5.92 Å². The minimum atomic E-state index is -1.11. The zero-order chi connectivity index (χ0) is 19.4. The molecular weight excluding hydrogens is 351 g/mol. The third-order valence-electron chi connectivity index (χ3n) is 5.12. The van der Waals surface area contributed by atoms with Crippen molar-refractivity contribution in [3.8, 4) is 0 Å². The number of hydrogen-bond acceptors (Lipinski definition) is 4. The molecule has 8 heteroatoms. The molecule has 7 nitrogen and oxygen atoms in total. The van der Waals surface area contributed by atoms with Gasteiger partial charge in [-0.2, -0.15) is 0 Å². The van der Waals surface area contributed by atoms with Crippen LogP contribution in [0.1, 0.15) is 31.2 Å². The molecule has 1 heterocycles. The molecule has 0 radical (unpaired) electrons. The number of amides is 4. The Labute approximate surface area is 156 Å². The second-order valence-corrected chi connectivity index (χ2v) is 7.05. The van der Waals surface area contributed by atoms with E-state index in [9.17, 15) is 18.8 Å². The maximum Gasteiger partial charge on any atom is 0.330 e. The summed E-state index contributed by atoms with van der Waals surface area (Å²) in [7, 11) is 0. The van der Waals surface area contributed by atoms with E-state index in [1.807, 2.05) is 0 Å². The van der Waals surface area contributed by atoms with E-state index >= 15 is 0 Å². The lowest BCUT2D eigenvalue weighted by atomic mass is 9.91. The molecule has 1 aromatic carbocycles. The first-order valence-electron chi connectivity index (χ1n) is 9.22. The second-order valence-electron chi connectivity index (χ2n) is 7.05. The molecule has 0 unspecified atom stereocenters. The quantitative estimate of drug-likeness (QED) is 0.584. The number of rotatable bonds is 5. The number of carbonyl (C=O) groups is 3. The molecule has 1 aliphatic heterocycles. The summed E-state index contributed by atoms with van der Waals surface area (Å²) in [5, 5.41) is 2.21. The van der Waals surface area contributed by atoms with E-state index < -0.39 is 23.8 Å². The van der Waals surface area contributed by atoms with Crippen molar-refractivity contribution in [3.63, 3.8) is 0 Å². The Hall–Kier alpha value is -2.61. The van der Waals surface area contributed by atoms with Crippen LogP contribution < -0.4 is 11.1 Å². The van der Waals surface area contributed by atoms with Gasteiger partial charge < -0.3 is 5.73 Å². The van der Waals surface area contributed by atoms with Crippen molar-refractivity contribution in [1.29, 1.82) is 0 Å². The first kappa shape index (κ1) is 19.2. The number of quaternary nitrogens is 1. The van der Waals surface area contributed by atoms with Crippen LogP contribution in [-0.4, -0.2) is 47.6 Å². The smallest absolute Gasteiger partial charge is 0.330 e. The van der Waals surface area contributed by atoms with Gasteiger partial charge in [-0.15, -0.1) is 0 Å². The molecule has 2 aliphatic rings. The van der Waals surface area contributed by atoms with Crippen LogP contribution in [0.25, 0.3) is 0 Å². The fraction of sp³-hybridized carbons (Fsp3) is 0.474. The van der Waals surface area contributed by atoms with Crippen molar-refractivity contribution in [3.05, 3.63) is 35.6 Å². The normalized spacial score (nSPS) is 26.5. The van der Waals surface area contributed by atoms with Gasteiger partial charge in [-0.25, -0.2) is 9.18 Å². The highest BCUT2D eigenvalue weighted by molar-refractivity contribution is 6.23. The molecule has 0 bridgehead atoms. The van der Waals surface area contributed by atoms with Gasteiger partial charge in [0, 0.05) is 19.2 Å². The van der Waals surface area contributed by atoms with Crippen molar-refractivity contribution in [1.82, 2.24) is 10.2 Å². The highest BCUT2D eigenvalue weighted by Gasteiger charge is 2.39. The third kappa shape index (κ3) is 4.57. The van der Waals surface area contributed by atoms with Gasteiger partial charge in [0.1, 0.15) is 17.9 Å².